The van der Waals surface area contributed by atoms with E-state index in [1.54, 1.807) is 72.4 Å². The summed E-state index contributed by atoms with van der Waals surface area (Å²) in [5.41, 5.74) is 1.24. The van der Waals surface area contributed by atoms with Crippen LogP contribution in [0.1, 0.15) is 59.2 Å². The minimum Gasteiger partial charge on any atom is -0.455 e. The zero-order valence-electron chi connectivity index (χ0n) is 21.0. The fraction of sp³-hybridized carbons (Fsp3) is 0.346. The molecule has 0 aliphatic rings. The maximum absolute atomic E-state index is 15.6. The third-order valence-corrected chi connectivity index (χ3v) is 7.40. The van der Waals surface area contributed by atoms with Gasteiger partial charge in [0.05, 0.1) is 10.5 Å². The molecule has 4 rings (SSSR count). The Morgan fingerprint density at radius 1 is 1.31 bits per heavy atom. The molecule has 0 saturated carbocycles. The van der Waals surface area contributed by atoms with Crippen LogP contribution in [-0.4, -0.2) is 32.1 Å². The van der Waals surface area contributed by atoms with Gasteiger partial charge < -0.3 is 24.7 Å². The van der Waals surface area contributed by atoms with Crippen LogP contribution in [0.4, 0.5) is 4.39 Å². The highest BCUT2D eigenvalue weighted by molar-refractivity contribution is 7.16. The van der Waals surface area contributed by atoms with Crippen LogP contribution < -0.4 is 15.6 Å². The number of fused-ring (bicyclic) bond motifs is 1. The number of pyridine rings is 2. The second kappa shape index (κ2) is 9.51. The second-order valence-electron chi connectivity index (χ2n) is 9.27. The summed E-state index contributed by atoms with van der Waals surface area (Å²) in [5, 5.41) is 13.9. The third-order valence-electron chi connectivity index (χ3n) is 5.94. The maximum Gasteiger partial charge on any atom is 0.274 e. The highest BCUT2D eigenvalue weighted by atomic mass is 32.1. The molecule has 0 radical (unpaired) electrons. The van der Waals surface area contributed by atoms with Crippen molar-refractivity contribution in [2.24, 2.45) is 7.05 Å². The number of nitrogens with zero attached hydrogens (tertiary/aromatic N) is 2. The summed E-state index contributed by atoms with van der Waals surface area (Å²) in [6.45, 7) is 9.04. The van der Waals surface area contributed by atoms with Crippen LogP contribution in [0, 0.1) is 13.8 Å². The highest BCUT2D eigenvalue weighted by Gasteiger charge is 2.28. The minimum atomic E-state index is -1.78. The van der Waals surface area contributed by atoms with Crippen molar-refractivity contribution in [2.75, 3.05) is 6.54 Å². The molecule has 4 aromatic heterocycles. The first-order valence-corrected chi connectivity index (χ1v) is 12.3. The number of aryl methyl sites for hydroxylation is 3. The molecule has 0 saturated heterocycles. The first-order chi connectivity index (χ1) is 16.9. The van der Waals surface area contributed by atoms with Gasteiger partial charge in [-0.15, -0.1) is 11.3 Å². The number of carbonyl (C=O) groups is 1. The van der Waals surface area contributed by atoms with E-state index in [0.29, 0.717) is 43.9 Å². The van der Waals surface area contributed by atoms with E-state index in [1.807, 2.05) is 0 Å². The maximum atomic E-state index is 15.6. The zero-order valence-corrected chi connectivity index (χ0v) is 21.8. The van der Waals surface area contributed by atoms with Gasteiger partial charge in [0.25, 0.3) is 17.8 Å². The predicted molar refractivity (Wildman–Crippen MR) is 138 cm³/mol. The van der Waals surface area contributed by atoms with E-state index in [4.69, 9.17) is 4.74 Å². The number of alkyl halides is 1. The fourth-order valence-corrected chi connectivity index (χ4v) is 5.20. The third kappa shape index (κ3) is 4.66. The van der Waals surface area contributed by atoms with E-state index in [0.717, 1.165) is 0 Å². The number of hydrogen-bond acceptors (Lipinski definition) is 6. The number of H-pyrrole nitrogens is 1. The van der Waals surface area contributed by atoms with Gasteiger partial charge in [-0.05, 0) is 57.9 Å². The van der Waals surface area contributed by atoms with Crippen molar-refractivity contribution >= 4 is 28.1 Å². The molecular formula is C26H29FN4O4S. The van der Waals surface area contributed by atoms with Crippen LogP contribution >= 0.6 is 11.3 Å². The summed E-state index contributed by atoms with van der Waals surface area (Å²) in [6.07, 6.45) is 3.00. The molecule has 0 bridgehead atoms. The first-order valence-electron chi connectivity index (χ1n) is 11.5. The predicted octanol–water partition coefficient (Wildman–Crippen LogP) is 4.63. The normalized spacial score (nSPS) is 12.7. The van der Waals surface area contributed by atoms with Gasteiger partial charge in [0.2, 0.25) is 0 Å². The Morgan fingerprint density at radius 2 is 1.97 bits per heavy atom. The molecular weight excluding hydrogens is 483 g/mol. The lowest BCUT2D eigenvalue weighted by Crippen LogP contribution is -2.23. The summed E-state index contributed by atoms with van der Waals surface area (Å²) in [6, 6.07) is 3.22. The molecule has 1 unspecified atom stereocenters. The Balaban J connectivity index is 1.91. The second-order valence-corrected chi connectivity index (χ2v) is 10.3. The van der Waals surface area contributed by atoms with E-state index in [9.17, 15) is 14.7 Å². The molecule has 4 heterocycles. The van der Waals surface area contributed by atoms with Crippen molar-refractivity contribution in [3.8, 4) is 16.2 Å². The van der Waals surface area contributed by atoms with Crippen LogP contribution in [0.25, 0.3) is 21.3 Å². The number of aliphatic hydroxyl groups is 1. The average molecular weight is 513 g/mol. The molecule has 0 spiro atoms. The van der Waals surface area contributed by atoms with Gasteiger partial charge >= 0.3 is 0 Å². The average Bonchev–Trinajstić information content (AvgIpc) is 3.42. The molecule has 1 atom stereocenters. The van der Waals surface area contributed by atoms with E-state index >= 15 is 4.39 Å². The lowest BCUT2D eigenvalue weighted by molar-refractivity contribution is 0.0646. The molecule has 4 aromatic rings. The van der Waals surface area contributed by atoms with Crippen LogP contribution in [0.3, 0.4) is 0 Å². The lowest BCUT2D eigenvalue weighted by atomic mass is 10.1. The van der Waals surface area contributed by atoms with Crippen LogP contribution in [-0.2, 0) is 12.6 Å². The molecule has 8 nitrogen and oxygen atoms in total. The number of carbonyl (C=O) groups excluding carboxylic acids is 1. The molecule has 190 valence electrons. The summed E-state index contributed by atoms with van der Waals surface area (Å²) in [4.78, 5) is 33.4. The number of thiophene rings is 1. The monoisotopic (exact) mass is 512 g/mol. The van der Waals surface area contributed by atoms with E-state index in [2.05, 4.69) is 15.3 Å². The van der Waals surface area contributed by atoms with E-state index < -0.39 is 12.0 Å². The van der Waals surface area contributed by atoms with Crippen molar-refractivity contribution in [1.82, 2.24) is 19.9 Å². The van der Waals surface area contributed by atoms with Crippen molar-refractivity contribution in [1.29, 1.82) is 0 Å². The number of aromatic amines is 1. The topological polar surface area (TPSA) is 109 Å². The smallest absolute Gasteiger partial charge is 0.274 e. The molecule has 0 aromatic carbocycles. The quantitative estimate of drug-likeness (QED) is 0.335. The summed E-state index contributed by atoms with van der Waals surface area (Å²) >= 11 is 1.24. The van der Waals surface area contributed by atoms with E-state index in [-0.39, 0.29) is 28.4 Å². The molecule has 1 amide bonds. The molecule has 0 aliphatic carbocycles. The molecule has 0 aliphatic heterocycles. The molecule has 36 heavy (non-hydrogen) atoms. The Bertz CT molecular complexity index is 1490. The van der Waals surface area contributed by atoms with Crippen molar-refractivity contribution in [3.63, 3.8) is 0 Å². The molecule has 0 fully saturated rings. The van der Waals surface area contributed by atoms with Gasteiger partial charge in [0.15, 0.2) is 0 Å². The van der Waals surface area contributed by atoms with Gasteiger partial charge in [-0.2, -0.15) is 4.39 Å². The van der Waals surface area contributed by atoms with Gasteiger partial charge in [0.1, 0.15) is 17.0 Å². The number of nitrogens with one attached hydrogen (secondary N) is 2. The summed E-state index contributed by atoms with van der Waals surface area (Å²) < 4.78 is 22.8. The first kappa shape index (κ1) is 25.6. The van der Waals surface area contributed by atoms with Gasteiger partial charge in [-0.3, -0.25) is 14.6 Å². The largest absolute Gasteiger partial charge is 0.455 e. The van der Waals surface area contributed by atoms with Crippen molar-refractivity contribution < 1.29 is 19.0 Å². The van der Waals surface area contributed by atoms with Crippen LogP contribution in [0.5, 0.6) is 5.75 Å². The Labute approximate surface area is 211 Å². The number of amides is 1. The summed E-state index contributed by atoms with van der Waals surface area (Å²) in [5.74, 6) is -0.116. The number of halogens is 1. The van der Waals surface area contributed by atoms with Crippen molar-refractivity contribution in [3.05, 3.63) is 68.3 Å². The Hall–Kier alpha value is -3.50. The van der Waals surface area contributed by atoms with Crippen LogP contribution in [0.15, 0.2) is 35.5 Å². The number of ether oxygens (including phenoxy) is 1. The SMILES string of the molecule is CCNC(=O)c1cc2c(-c3sc(C(C)(C)O)cc3OC(F)c3c(C)cncc3C)cn(C)c(=O)c2[nH]1. The lowest BCUT2D eigenvalue weighted by Gasteiger charge is -2.16. The van der Waals surface area contributed by atoms with Gasteiger partial charge in [0, 0.05) is 53.6 Å². The standard InChI is InChI=1S/C26H29FN4O4S/c1-7-29-24(32)17-8-15-16(12-31(6)25(33)21(15)30-17)22-18(9-19(36-22)26(4,5)34)35-23(27)20-13(2)10-28-11-14(20)3/h8-12,23,30,34H,7H2,1-6H3,(H,29,32). The zero-order chi connectivity index (χ0) is 26.4. The fourth-order valence-electron chi connectivity index (χ4n) is 4.08. The molecule has 3 N–H and O–H groups in total. The van der Waals surface area contributed by atoms with Crippen molar-refractivity contribution in [2.45, 2.75) is 46.6 Å². The summed E-state index contributed by atoms with van der Waals surface area (Å²) in [7, 11) is 1.60. The van der Waals surface area contributed by atoms with Gasteiger partial charge in [-0.1, -0.05) is 0 Å². The van der Waals surface area contributed by atoms with Crippen LogP contribution in [0.2, 0.25) is 0 Å². The number of hydrogen-bond donors (Lipinski definition) is 3. The van der Waals surface area contributed by atoms with E-state index in [1.165, 1.54) is 15.9 Å². The highest BCUT2D eigenvalue weighted by Crippen LogP contribution is 2.46. The molecule has 10 heteroatoms. The Morgan fingerprint density at radius 3 is 2.58 bits per heavy atom. The minimum absolute atomic E-state index is 0.223. The van der Waals surface area contributed by atoms with Gasteiger partial charge in [-0.25, -0.2) is 0 Å². The Kier molecular flexibility index (Phi) is 6.76. The number of rotatable bonds is 7. The number of aromatic nitrogens is 3.